The van der Waals surface area contributed by atoms with E-state index in [1.54, 1.807) is 7.11 Å². The second-order valence-corrected chi connectivity index (χ2v) is 4.75. The lowest BCUT2D eigenvalue weighted by molar-refractivity contribution is -0.124. The van der Waals surface area contributed by atoms with Crippen molar-refractivity contribution in [1.82, 2.24) is 10.6 Å². The molecule has 0 radical (unpaired) electrons. The van der Waals surface area contributed by atoms with E-state index in [2.05, 4.69) is 17.6 Å². The van der Waals surface area contributed by atoms with Gasteiger partial charge in [-0.05, 0) is 40.2 Å². The zero-order valence-electron chi connectivity index (χ0n) is 11.2. The van der Waals surface area contributed by atoms with Crippen molar-refractivity contribution in [1.29, 1.82) is 0 Å². The first-order valence-electron chi connectivity index (χ1n) is 5.97. The van der Waals surface area contributed by atoms with Gasteiger partial charge in [-0.2, -0.15) is 0 Å². The van der Waals surface area contributed by atoms with Crippen molar-refractivity contribution in [2.45, 2.75) is 52.1 Å². The number of hydrogen-bond donors (Lipinski definition) is 2. The molecule has 0 aromatic heterocycles. The molecule has 0 aliphatic heterocycles. The standard InChI is InChI=1S/C12H26N2O2/c1-6-12(3,4)14-11(15)10(2)13-8-7-9-16-5/h10,13H,6-9H2,1-5H3,(H,14,15). The van der Waals surface area contributed by atoms with Crippen LogP contribution < -0.4 is 10.6 Å². The molecule has 1 atom stereocenters. The highest BCUT2D eigenvalue weighted by molar-refractivity contribution is 5.81. The molecule has 4 nitrogen and oxygen atoms in total. The molecule has 96 valence electrons. The fourth-order valence-electron chi connectivity index (χ4n) is 1.16. The highest BCUT2D eigenvalue weighted by Gasteiger charge is 2.21. The fraction of sp³-hybridized carbons (Fsp3) is 0.917. The second kappa shape index (κ2) is 7.63. The van der Waals surface area contributed by atoms with Crippen LogP contribution in [0.25, 0.3) is 0 Å². The van der Waals surface area contributed by atoms with E-state index in [1.807, 2.05) is 20.8 Å². The van der Waals surface area contributed by atoms with Gasteiger partial charge in [-0.1, -0.05) is 6.92 Å². The number of carbonyl (C=O) groups is 1. The zero-order chi connectivity index (χ0) is 12.6. The summed E-state index contributed by atoms with van der Waals surface area (Å²) in [6.07, 6.45) is 1.85. The normalized spacial score (nSPS) is 13.6. The Hall–Kier alpha value is -0.610. The van der Waals surface area contributed by atoms with Crippen LogP contribution in [0, 0.1) is 0 Å². The van der Waals surface area contributed by atoms with E-state index in [0.29, 0.717) is 0 Å². The minimum Gasteiger partial charge on any atom is -0.385 e. The van der Waals surface area contributed by atoms with Gasteiger partial charge in [-0.25, -0.2) is 0 Å². The SMILES string of the molecule is CCC(C)(C)NC(=O)C(C)NCCCOC. The molecular weight excluding hydrogens is 204 g/mol. The van der Waals surface area contributed by atoms with Gasteiger partial charge in [-0.15, -0.1) is 0 Å². The highest BCUT2D eigenvalue weighted by atomic mass is 16.5. The van der Waals surface area contributed by atoms with Crippen LogP contribution in [0.15, 0.2) is 0 Å². The van der Waals surface area contributed by atoms with Crippen LogP contribution in [-0.2, 0) is 9.53 Å². The van der Waals surface area contributed by atoms with Crippen molar-refractivity contribution in [2.24, 2.45) is 0 Å². The summed E-state index contributed by atoms with van der Waals surface area (Å²) in [6, 6.07) is -0.150. The monoisotopic (exact) mass is 230 g/mol. The Bertz CT molecular complexity index is 205. The van der Waals surface area contributed by atoms with E-state index in [9.17, 15) is 4.79 Å². The molecular formula is C12H26N2O2. The van der Waals surface area contributed by atoms with E-state index < -0.39 is 0 Å². The number of amides is 1. The largest absolute Gasteiger partial charge is 0.385 e. The lowest BCUT2D eigenvalue weighted by Gasteiger charge is -2.26. The summed E-state index contributed by atoms with van der Waals surface area (Å²) in [5.74, 6) is 0.0595. The van der Waals surface area contributed by atoms with Crippen LogP contribution >= 0.6 is 0 Å². The second-order valence-electron chi connectivity index (χ2n) is 4.75. The Morgan fingerprint density at radius 2 is 2.06 bits per heavy atom. The Kier molecular flexibility index (Phi) is 7.34. The Labute approximate surface area is 99.1 Å². The third-order valence-corrected chi connectivity index (χ3v) is 2.71. The number of hydrogen-bond acceptors (Lipinski definition) is 3. The summed E-state index contributed by atoms with van der Waals surface area (Å²) in [4.78, 5) is 11.8. The molecule has 0 saturated carbocycles. The van der Waals surface area contributed by atoms with Crippen molar-refractivity contribution >= 4 is 5.91 Å². The van der Waals surface area contributed by atoms with Crippen molar-refractivity contribution in [2.75, 3.05) is 20.3 Å². The summed E-state index contributed by atoms with van der Waals surface area (Å²) in [5, 5.41) is 6.19. The van der Waals surface area contributed by atoms with Gasteiger partial charge < -0.3 is 15.4 Å². The smallest absolute Gasteiger partial charge is 0.237 e. The number of methoxy groups -OCH3 is 1. The molecule has 0 aliphatic carbocycles. The molecule has 0 rings (SSSR count). The summed E-state index contributed by atoms with van der Waals surface area (Å²) in [5.41, 5.74) is -0.125. The average Bonchev–Trinajstić information content (AvgIpc) is 2.23. The molecule has 0 saturated heterocycles. The van der Waals surface area contributed by atoms with Crippen molar-refractivity contribution in [3.05, 3.63) is 0 Å². The van der Waals surface area contributed by atoms with Gasteiger partial charge in [0.25, 0.3) is 0 Å². The lowest BCUT2D eigenvalue weighted by atomic mass is 10.0. The molecule has 1 amide bonds. The van der Waals surface area contributed by atoms with Gasteiger partial charge in [0.05, 0.1) is 6.04 Å². The van der Waals surface area contributed by atoms with Gasteiger partial charge in [-0.3, -0.25) is 4.79 Å². The van der Waals surface area contributed by atoms with E-state index in [-0.39, 0.29) is 17.5 Å². The lowest BCUT2D eigenvalue weighted by Crippen LogP contribution is -2.50. The third-order valence-electron chi connectivity index (χ3n) is 2.71. The summed E-state index contributed by atoms with van der Waals surface area (Å²) < 4.78 is 4.94. The Morgan fingerprint density at radius 3 is 2.56 bits per heavy atom. The molecule has 0 fully saturated rings. The first-order valence-corrected chi connectivity index (χ1v) is 5.97. The van der Waals surface area contributed by atoms with Gasteiger partial charge in [0.1, 0.15) is 0 Å². The molecule has 0 aliphatic rings. The van der Waals surface area contributed by atoms with Gasteiger partial charge in [0.15, 0.2) is 0 Å². The van der Waals surface area contributed by atoms with Crippen LogP contribution in [-0.4, -0.2) is 37.7 Å². The predicted molar refractivity (Wildman–Crippen MR) is 66.5 cm³/mol. The van der Waals surface area contributed by atoms with Crippen molar-refractivity contribution < 1.29 is 9.53 Å². The molecule has 0 spiro atoms. The first-order chi connectivity index (χ1) is 7.43. The van der Waals surface area contributed by atoms with Crippen molar-refractivity contribution in [3.8, 4) is 0 Å². The van der Waals surface area contributed by atoms with Gasteiger partial charge >= 0.3 is 0 Å². The number of nitrogens with one attached hydrogen (secondary N) is 2. The van der Waals surface area contributed by atoms with E-state index in [4.69, 9.17) is 4.74 Å². The fourth-order valence-corrected chi connectivity index (χ4v) is 1.16. The molecule has 0 bridgehead atoms. The molecule has 2 N–H and O–H groups in total. The zero-order valence-corrected chi connectivity index (χ0v) is 11.2. The Morgan fingerprint density at radius 1 is 1.44 bits per heavy atom. The van der Waals surface area contributed by atoms with Gasteiger partial charge in [0, 0.05) is 19.3 Å². The van der Waals surface area contributed by atoms with Gasteiger partial charge in [0.2, 0.25) is 5.91 Å². The van der Waals surface area contributed by atoms with Crippen molar-refractivity contribution in [3.63, 3.8) is 0 Å². The van der Waals surface area contributed by atoms with Crippen LogP contribution in [0.2, 0.25) is 0 Å². The minimum absolute atomic E-state index is 0.0595. The summed E-state index contributed by atoms with van der Waals surface area (Å²) >= 11 is 0. The van der Waals surface area contributed by atoms with Crippen LogP contribution in [0.5, 0.6) is 0 Å². The topological polar surface area (TPSA) is 50.4 Å². The molecule has 0 aromatic carbocycles. The molecule has 0 aromatic rings. The summed E-state index contributed by atoms with van der Waals surface area (Å²) in [6.45, 7) is 9.53. The van der Waals surface area contributed by atoms with Crippen LogP contribution in [0.1, 0.15) is 40.5 Å². The first kappa shape index (κ1) is 15.4. The molecule has 16 heavy (non-hydrogen) atoms. The number of rotatable bonds is 8. The average molecular weight is 230 g/mol. The highest BCUT2D eigenvalue weighted by Crippen LogP contribution is 2.06. The maximum absolute atomic E-state index is 11.8. The third kappa shape index (κ3) is 6.80. The predicted octanol–water partition coefficient (Wildman–Crippen LogP) is 1.31. The van der Waals surface area contributed by atoms with E-state index >= 15 is 0 Å². The summed E-state index contributed by atoms with van der Waals surface area (Å²) in [7, 11) is 1.68. The van der Waals surface area contributed by atoms with Crippen LogP contribution in [0.3, 0.4) is 0 Å². The maximum Gasteiger partial charge on any atom is 0.237 e. The van der Waals surface area contributed by atoms with E-state index in [1.165, 1.54) is 0 Å². The number of ether oxygens (including phenoxy) is 1. The minimum atomic E-state index is -0.150. The van der Waals surface area contributed by atoms with Crippen LogP contribution in [0.4, 0.5) is 0 Å². The maximum atomic E-state index is 11.8. The molecule has 0 heterocycles. The number of carbonyl (C=O) groups excluding carboxylic acids is 1. The van der Waals surface area contributed by atoms with E-state index in [0.717, 1.165) is 26.0 Å². The molecule has 4 heteroatoms. The molecule has 1 unspecified atom stereocenters. The Balaban J connectivity index is 3.82. The quantitative estimate of drug-likeness (QED) is 0.618.